The van der Waals surface area contributed by atoms with Gasteiger partial charge in [0.2, 0.25) is 5.88 Å². The van der Waals surface area contributed by atoms with Gasteiger partial charge in [0, 0.05) is 5.56 Å². The monoisotopic (exact) mass is 337 g/mol. The van der Waals surface area contributed by atoms with Crippen molar-refractivity contribution >= 4 is 0 Å². The summed E-state index contributed by atoms with van der Waals surface area (Å²) in [5, 5.41) is 0. The van der Waals surface area contributed by atoms with Crippen molar-refractivity contribution in [2.24, 2.45) is 0 Å². The average Bonchev–Trinajstić information content (AvgIpc) is 2.45. The third-order valence-electron chi connectivity index (χ3n) is 2.74. The molecule has 0 atom stereocenters. The van der Waals surface area contributed by atoms with Gasteiger partial charge in [0.15, 0.2) is 0 Å². The van der Waals surface area contributed by atoms with Crippen LogP contribution >= 0.6 is 0 Å². The van der Waals surface area contributed by atoms with Crippen molar-refractivity contribution in [3.8, 4) is 22.8 Å². The highest BCUT2D eigenvalue weighted by molar-refractivity contribution is 5.69. The third-order valence-corrected chi connectivity index (χ3v) is 2.74. The SMILES string of the molecule is COc1nc(C(F)(F)F)ccc1-c1ccc(OC(F)(F)F)cc1. The molecule has 2 aromatic rings. The first kappa shape index (κ1) is 16.9. The van der Waals surface area contributed by atoms with Crippen LogP contribution < -0.4 is 9.47 Å². The van der Waals surface area contributed by atoms with Gasteiger partial charge in [-0.25, -0.2) is 4.98 Å². The number of aromatic nitrogens is 1. The molecule has 1 aromatic heterocycles. The molecule has 0 saturated carbocycles. The van der Waals surface area contributed by atoms with Crippen LogP contribution in [0.5, 0.6) is 11.6 Å². The van der Waals surface area contributed by atoms with E-state index >= 15 is 0 Å². The Morgan fingerprint density at radius 3 is 1.96 bits per heavy atom. The summed E-state index contributed by atoms with van der Waals surface area (Å²) >= 11 is 0. The normalized spacial score (nSPS) is 12.1. The molecule has 0 aliphatic rings. The van der Waals surface area contributed by atoms with E-state index in [0.717, 1.165) is 31.4 Å². The summed E-state index contributed by atoms with van der Waals surface area (Å²) in [5.41, 5.74) is -0.591. The molecule has 0 aliphatic heterocycles. The van der Waals surface area contributed by atoms with Crippen LogP contribution in [0.1, 0.15) is 5.69 Å². The number of pyridine rings is 1. The Labute approximate surface area is 126 Å². The summed E-state index contributed by atoms with van der Waals surface area (Å²) in [4.78, 5) is 3.36. The molecule has 0 saturated heterocycles. The molecule has 0 unspecified atom stereocenters. The summed E-state index contributed by atoms with van der Waals surface area (Å²) < 4.78 is 82.6. The maximum Gasteiger partial charge on any atom is 0.573 e. The van der Waals surface area contributed by atoms with E-state index in [-0.39, 0.29) is 11.4 Å². The second-order valence-corrected chi connectivity index (χ2v) is 4.32. The molecule has 124 valence electrons. The average molecular weight is 337 g/mol. The maximum atomic E-state index is 12.6. The molecular formula is C14H9F6NO2. The minimum atomic E-state index is -4.82. The molecule has 0 bridgehead atoms. The van der Waals surface area contributed by atoms with Crippen LogP contribution in [0.2, 0.25) is 0 Å². The number of alkyl halides is 6. The molecule has 0 N–H and O–H groups in total. The number of methoxy groups -OCH3 is 1. The third kappa shape index (κ3) is 4.27. The first-order valence-corrected chi connectivity index (χ1v) is 6.08. The maximum absolute atomic E-state index is 12.6. The van der Waals surface area contributed by atoms with Crippen molar-refractivity contribution in [1.29, 1.82) is 0 Å². The van der Waals surface area contributed by atoms with Crippen LogP contribution in [-0.2, 0) is 6.18 Å². The lowest BCUT2D eigenvalue weighted by molar-refractivity contribution is -0.274. The first-order valence-electron chi connectivity index (χ1n) is 6.08. The first-order chi connectivity index (χ1) is 10.6. The van der Waals surface area contributed by atoms with Crippen molar-refractivity contribution in [1.82, 2.24) is 4.98 Å². The lowest BCUT2D eigenvalue weighted by Crippen LogP contribution is -2.16. The molecule has 3 nitrogen and oxygen atoms in total. The molecule has 0 aliphatic carbocycles. The lowest BCUT2D eigenvalue weighted by atomic mass is 10.1. The number of halogens is 6. The van der Waals surface area contributed by atoms with E-state index in [1.807, 2.05) is 0 Å². The van der Waals surface area contributed by atoms with E-state index in [9.17, 15) is 26.3 Å². The van der Waals surface area contributed by atoms with Crippen molar-refractivity contribution in [2.45, 2.75) is 12.5 Å². The fraction of sp³-hybridized carbons (Fsp3) is 0.214. The zero-order chi connectivity index (χ0) is 17.3. The van der Waals surface area contributed by atoms with Gasteiger partial charge in [-0.1, -0.05) is 12.1 Å². The molecular weight excluding hydrogens is 328 g/mol. The van der Waals surface area contributed by atoms with Gasteiger partial charge in [0.05, 0.1) is 7.11 Å². The Kier molecular flexibility index (Phi) is 4.39. The molecule has 1 aromatic carbocycles. The predicted molar refractivity (Wildman–Crippen MR) is 67.9 cm³/mol. The Hall–Kier alpha value is -2.45. The molecule has 9 heteroatoms. The number of hydrogen-bond donors (Lipinski definition) is 0. The fourth-order valence-electron chi connectivity index (χ4n) is 1.81. The van der Waals surface area contributed by atoms with E-state index < -0.39 is 24.0 Å². The van der Waals surface area contributed by atoms with Gasteiger partial charge in [0.25, 0.3) is 0 Å². The lowest BCUT2D eigenvalue weighted by Gasteiger charge is -2.12. The highest BCUT2D eigenvalue weighted by Gasteiger charge is 2.33. The number of benzene rings is 1. The summed E-state index contributed by atoms with van der Waals surface area (Å²) in [6, 6.07) is 6.49. The van der Waals surface area contributed by atoms with E-state index in [4.69, 9.17) is 4.74 Å². The minimum absolute atomic E-state index is 0.207. The van der Waals surface area contributed by atoms with Crippen LogP contribution in [-0.4, -0.2) is 18.5 Å². The molecule has 1 heterocycles. The largest absolute Gasteiger partial charge is 0.573 e. The Morgan fingerprint density at radius 1 is 0.870 bits per heavy atom. The van der Waals surface area contributed by atoms with E-state index in [0.29, 0.717) is 5.56 Å². The van der Waals surface area contributed by atoms with E-state index in [1.54, 1.807) is 0 Å². The van der Waals surface area contributed by atoms with Gasteiger partial charge in [-0.15, -0.1) is 13.2 Å². The van der Waals surface area contributed by atoms with Gasteiger partial charge in [-0.3, -0.25) is 0 Å². The molecule has 0 radical (unpaired) electrons. The standard InChI is InChI=1S/C14H9F6NO2/c1-22-12-10(6-7-11(21-12)13(15,16)17)8-2-4-9(5-3-8)23-14(18,19)20/h2-7H,1H3. The van der Waals surface area contributed by atoms with E-state index in [2.05, 4.69) is 9.72 Å². The zero-order valence-corrected chi connectivity index (χ0v) is 11.5. The summed E-state index contributed by atoms with van der Waals surface area (Å²) in [7, 11) is 1.15. The van der Waals surface area contributed by atoms with Gasteiger partial charge in [-0.2, -0.15) is 13.2 Å². The molecule has 0 spiro atoms. The number of rotatable bonds is 3. The van der Waals surface area contributed by atoms with Crippen LogP contribution in [0.15, 0.2) is 36.4 Å². The Morgan fingerprint density at radius 2 is 1.48 bits per heavy atom. The second-order valence-electron chi connectivity index (χ2n) is 4.32. The van der Waals surface area contributed by atoms with Crippen molar-refractivity contribution in [2.75, 3.05) is 7.11 Å². The molecule has 0 fully saturated rings. The van der Waals surface area contributed by atoms with Gasteiger partial charge in [-0.05, 0) is 29.8 Å². The van der Waals surface area contributed by atoms with Gasteiger partial charge in [0.1, 0.15) is 11.4 Å². The van der Waals surface area contributed by atoms with Crippen molar-refractivity contribution in [3.05, 3.63) is 42.1 Å². The summed E-state index contributed by atoms with van der Waals surface area (Å²) in [6.45, 7) is 0. The van der Waals surface area contributed by atoms with Crippen molar-refractivity contribution in [3.63, 3.8) is 0 Å². The van der Waals surface area contributed by atoms with Gasteiger partial charge >= 0.3 is 12.5 Å². The predicted octanol–water partition coefficient (Wildman–Crippen LogP) is 4.67. The van der Waals surface area contributed by atoms with Crippen LogP contribution in [0.3, 0.4) is 0 Å². The molecule has 0 amide bonds. The fourth-order valence-corrected chi connectivity index (χ4v) is 1.81. The minimum Gasteiger partial charge on any atom is -0.481 e. The molecule has 2 rings (SSSR count). The highest BCUT2D eigenvalue weighted by Crippen LogP contribution is 2.35. The van der Waals surface area contributed by atoms with Crippen LogP contribution in [0, 0.1) is 0 Å². The Bertz CT molecular complexity index is 679. The highest BCUT2D eigenvalue weighted by atomic mass is 19.4. The van der Waals surface area contributed by atoms with Crippen molar-refractivity contribution < 1.29 is 35.8 Å². The number of nitrogens with zero attached hydrogens (tertiary/aromatic N) is 1. The van der Waals surface area contributed by atoms with Crippen LogP contribution in [0.25, 0.3) is 11.1 Å². The zero-order valence-electron chi connectivity index (χ0n) is 11.5. The summed E-state index contributed by atoms with van der Waals surface area (Å²) in [5.74, 6) is -0.732. The van der Waals surface area contributed by atoms with E-state index in [1.165, 1.54) is 12.1 Å². The quantitative estimate of drug-likeness (QED) is 0.763. The summed E-state index contributed by atoms with van der Waals surface area (Å²) in [6.07, 6.45) is -9.45. The number of hydrogen-bond acceptors (Lipinski definition) is 3. The van der Waals surface area contributed by atoms with Gasteiger partial charge < -0.3 is 9.47 Å². The molecule has 23 heavy (non-hydrogen) atoms. The second kappa shape index (κ2) is 5.98. The van der Waals surface area contributed by atoms with Crippen LogP contribution in [0.4, 0.5) is 26.3 Å². The number of ether oxygens (including phenoxy) is 2. The Balaban J connectivity index is 2.35. The smallest absolute Gasteiger partial charge is 0.481 e. The topological polar surface area (TPSA) is 31.4 Å².